The van der Waals surface area contributed by atoms with Crippen molar-refractivity contribution in [3.63, 3.8) is 0 Å². The SMILES string of the molecule is C[C@@H](N)CO.Cc1cn2nc([C@@H]3CCCCN3C(=O)c3cc(Cl)ccc3NS(C)(=O)=O)cc2nc1Cl.Cc1cn2nc([C@@H]3CCCCN3C(=O)c3cc(Cl)ccc3NS(C)(=O)=O)cc2nc1N[C@H](C)CO. The molecule has 7 N–H and O–H groups in total. The number of halogens is 3. The van der Waals surface area contributed by atoms with Gasteiger partial charge < -0.3 is 31.1 Å². The highest BCUT2D eigenvalue weighted by molar-refractivity contribution is 7.92. The van der Waals surface area contributed by atoms with Gasteiger partial charge in [0.15, 0.2) is 11.3 Å². The number of hydrogen-bond acceptors (Lipinski definition) is 14. The Labute approximate surface area is 428 Å². The molecule has 2 aromatic carbocycles. The predicted molar refractivity (Wildman–Crippen MR) is 276 cm³/mol. The number of aryl methyl sites for hydroxylation is 2. The molecule has 6 aromatic rings. The number of benzene rings is 2. The molecule has 25 heteroatoms. The van der Waals surface area contributed by atoms with Gasteiger partial charge in [-0.05, 0) is 103 Å². The Morgan fingerprint density at radius 3 is 1.56 bits per heavy atom. The third-order valence-electron chi connectivity index (χ3n) is 11.4. The first kappa shape index (κ1) is 55.0. The van der Waals surface area contributed by atoms with Crippen LogP contribution < -0.4 is 20.5 Å². The zero-order valence-electron chi connectivity index (χ0n) is 40.1. The normalized spacial score (nSPS) is 17.1. The second kappa shape index (κ2) is 23.5. The summed E-state index contributed by atoms with van der Waals surface area (Å²) in [4.78, 5) is 39.6. The third kappa shape index (κ3) is 14.4. The smallest absolute Gasteiger partial charge is 0.256 e. The summed E-state index contributed by atoms with van der Waals surface area (Å²) in [5, 5.41) is 31.0. The summed E-state index contributed by atoms with van der Waals surface area (Å²) < 4.78 is 55.4. The molecule has 4 aromatic heterocycles. The molecular formula is C46H59Cl3N12O8S2. The summed E-state index contributed by atoms with van der Waals surface area (Å²) in [5.41, 5.74) is 10.1. The molecule has 0 radical (unpaired) electrons. The molecule has 2 aliphatic heterocycles. The molecule has 20 nitrogen and oxygen atoms in total. The molecule has 71 heavy (non-hydrogen) atoms. The highest BCUT2D eigenvalue weighted by Gasteiger charge is 2.34. The lowest BCUT2D eigenvalue weighted by Gasteiger charge is -2.35. The number of likely N-dealkylation sites (tertiary alicyclic amines) is 2. The fourth-order valence-corrected chi connectivity index (χ4v) is 9.66. The Morgan fingerprint density at radius 1 is 0.704 bits per heavy atom. The van der Waals surface area contributed by atoms with Crippen LogP contribution in [0, 0.1) is 13.8 Å². The van der Waals surface area contributed by atoms with E-state index in [4.69, 9.17) is 50.7 Å². The number of rotatable bonds is 12. The first-order chi connectivity index (χ1) is 33.4. The molecule has 2 aliphatic rings. The number of carbonyl (C=O) groups excluding carboxylic acids is 2. The van der Waals surface area contributed by atoms with E-state index in [-0.39, 0.29) is 71.7 Å². The number of nitrogens with one attached hydrogen (secondary N) is 3. The molecule has 2 fully saturated rings. The van der Waals surface area contributed by atoms with Crippen molar-refractivity contribution in [1.29, 1.82) is 0 Å². The number of piperidine rings is 2. The van der Waals surface area contributed by atoms with Gasteiger partial charge in [-0.1, -0.05) is 34.8 Å². The van der Waals surface area contributed by atoms with Gasteiger partial charge in [-0.15, -0.1) is 0 Å². The van der Waals surface area contributed by atoms with Crippen LogP contribution in [0.3, 0.4) is 0 Å². The molecule has 8 rings (SSSR count). The first-order valence-corrected chi connectivity index (χ1v) is 27.7. The van der Waals surface area contributed by atoms with Crippen molar-refractivity contribution >= 4 is 95.2 Å². The summed E-state index contributed by atoms with van der Waals surface area (Å²) in [6, 6.07) is 12.0. The van der Waals surface area contributed by atoms with Crippen molar-refractivity contribution in [3.05, 3.63) is 110 Å². The summed E-state index contributed by atoms with van der Waals surface area (Å²) in [6.07, 6.45) is 10.7. The number of sulfonamides is 2. The van der Waals surface area contributed by atoms with E-state index in [1.807, 2.05) is 39.1 Å². The van der Waals surface area contributed by atoms with Crippen LogP contribution in [0.2, 0.25) is 15.2 Å². The number of aliphatic hydroxyl groups is 2. The van der Waals surface area contributed by atoms with Crippen molar-refractivity contribution in [3.8, 4) is 0 Å². The number of aromatic nitrogens is 6. The summed E-state index contributed by atoms with van der Waals surface area (Å²) in [7, 11) is -7.16. The molecule has 0 bridgehead atoms. The average molecular weight is 1080 g/mol. The average Bonchev–Trinajstić information content (AvgIpc) is 3.92. The van der Waals surface area contributed by atoms with E-state index >= 15 is 0 Å². The van der Waals surface area contributed by atoms with Gasteiger partial charge in [-0.3, -0.25) is 19.0 Å². The lowest BCUT2D eigenvalue weighted by Crippen LogP contribution is -2.39. The number of nitrogens with two attached hydrogens (primary N) is 1. The van der Waals surface area contributed by atoms with Crippen LogP contribution in [-0.4, -0.2) is 129 Å². The molecule has 0 spiro atoms. The Hall–Kier alpha value is -5.33. The number of amides is 2. The Morgan fingerprint density at radius 2 is 1.14 bits per heavy atom. The van der Waals surface area contributed by atoms with E-state index in [2.05, 4.69) is 29.8 Å². The number of hydrogen-bond donors (Lipinski definition) is 6. The van der Waals surface area contributed by atoms with Gasteiger partial charge in [0.25, 0.3) is 11.8 Å². The topological polar surface area (TPSA) is 272 Å². The Bertz CT molecular complexity index is 3080. The van der Waals surface area contributed by atoms with Crippen LogP contribution in [0.25, 0.3) is 11.3 Å². The number of fused-ring (bicyclic) bond motifs is 2. The maximum atomic E-state index is 13.7. The minimum atomic E-state index is -3.59. The maximum absolute atomic E-state index is 13.7. The minimum absolute atomic E-state index is 0.0182. The highest BCUT2D eigenvalue weighted by Crippen LogP contribution is 2.36. The highest BCUT2D eigenvalue weighted by atomic mass is 35.5. The molecule has 0 aliphatic carbocycles. The summed E-state index contributed by atoms with van der Waals surface area (Å²) in [6.45, 7) is 8.47. The minimum Gasteiger partial charge on any atom is -0.395 e. The first-order valence-electron chi connectivity index (χ1n) is 22.7. The molecule has 0 unspecified atom stereocenters. The lowest BCUT2D eigenvalue weighted by atomic mass is 9.98. The van der Waals surface area contributed by atoms with Crippen molar-refractivity contribution in [1.82, 2.24) is 39.0 Å². The molecule has 2 saturated heterocycles. The van der Waals surface area contributed by atoms with Gasteiger partial charge in [0.05, 0.1) is 71.7 Å². The van der Waals surface area contributed by atoms with E-state index in [9.17, 15) is 31.5 Å². The molecule has 4 atom stereocenters. The van der Waals surface area contributed by atoms with E-state index in [1.165, 1.54) is 24.3 Å². The van der Waals surface area contributed by atoms with E-state index in [0.29, 0.717) is 56.8 Å². The van der Waals surface area contributed by atoms with Crippen LogP contribution >= 0.6 is 34.8 Å². The van der Waals surface area contributed by atoms with E-state index in [1.54, 1.807) is 44.1 Å². The summed E-state index contributed by atoms with van der Waals surface area (Å²) >= 11 is 18.4. The number of nitrogens with zero attached hydrogens (tertiary/aromatic N) is 8. The van der Waals surface area contributed by atoms with E-state index < -0.39 is 20.0 Å². The Balaban J connectivity index is 0.000000213. The lowest BCUT2D eigenvalue weighted by molar-refractivity contribution is 0.0600. The predicted octanol–water partition coefficient (Wildman–Crippen LogP) is 6.63. The maximum Gasteiger partial charge on any atom is 0.256 e. The van der Waals surface area contributed by atoms with Crippen LogP contribution in [0.4, 0.5) is 17.2 Å². The zero-order chi connectivity index (χ0) is 51.9. The van der Waals surface area contributed by atoms with Gasteiger partial charge in [0, 0.05) is 70.9 Å². The van der Waals surface area contributed by atoms with Gasteiger partial charge in [0.2, 0.25) is 20.0 Å². The van der Waals surface area contributed by atoms with Gasteiger partial charge >= 0.3 is 0 Å². The quantitative estimate of drug-likeness (QED) is 0.0703. The molecule has 6 heterocycles. The molecule has 384 valence electrons. The molecular weight excluding hydrogens is 1020 g/mol. The number of carbonyl (C=O) groups is 2. The van der Waals surface area contributed by atoms with Gasteiger partial charge in [0.1, 0.15) is 11.0 Å². The van der Waals surface area contributed by atoms with Crippen LogP contribution in [-0.2, 0) is 20.0 Å². The van der Waals surface area contributed by atoms with Crippen molar-refractivity contribution < 1.29 is 36.6 Å². The van der Waals surface area contributed by atoms with Gasteiger partial charge in [-0.25, -0.2) is 35.8 Å². The number of aliphatic hydroxyl groups excluding tert-OH is 2. The van der Waals surface area contributed by atoms with E-state index in [0.717, 1.165) is 62.2 Å². The standard InChI is InChI=1S/C23H29ClN6O4S.C20H21Cl2N5O3S.C3H9NO/c1-14-12-30-21(26-22(14)25-15(2)13-31)11-19(27-30)20-6-4-5-9-29(20)23(32)17-10-16(24)7-8-18(17)28-35(3,33)34;1-12-11-27-18(23-19(12)22)10-16(24-27)17-5-3-4-8-26(17)20(28)14-9-13(21)6-7-15(14)25-31(2,29)30;1-3(4)2-5/h7-8,10-12,15,20,28,31H,4-6,9,13H2,1-3H3,(H,25,26);6-7,9-11,17,25H,3-5,8H2,1-2H3;3,5H,2,4H2,1H3/t15-,20+;17-;3-/m101/s1. The fraction of sp³-hybridized carbons (Fsp3) is 0.435. The van der Waals surface area contributed by atoms with Gasteiger partial charge in [-0.2, -0.15) is 10.2 Å². The monoisotopic (exact) mass is 1080 g/mol. The summed E-state index contributed by atoms with van der Waals surface area (Å²) in [5.74, 6) is 0.0405. The zero-order valence-corrected chi connectivity index (χ0v) is 44.0. The second-order valence-corrected chi connectivity index (χ2v) is 22.5. The largest absolute Gasteiger partial charge is 0.395 e. The van der Waals surface area contributed by atoms with Crippen molar-refractivity contribution in [2.75, 3.05) is 53.6 Å². The Kier molecular flexibility index (Phi) is 18.2. The van der Waals surface area contributed by atoms with Crippen LogP contribution in [0.15, 0.2) is 60.9 Å². The van der Waals surface area contributed by atoms with Crippen LogP contribution in [0.5, 0.6) is 0 Å². The molecule has 0 saturated carbocycles. The molecule has 2 amide bonds. The van der Waals surface area contributed by atoms with Crippen LogP contribution in [0.1, 0.15) is 108 Å². The fourth-order valence-electron chi connectivity index (χ4n) is 8.02. The third-order valence-corrected chi connectivity index (χ3v) is 13.4. The second-order valence-electron chi connectivity index (χ2n) is 17.8. The van der Waals surface area contributed by atoms with Crippen molar-refractivity contribution in [2.45, 2.75) is 90.4 Å². The van der Waals surface area contributed by atoms with Crippen molar-refractivity contribution in [2.24, 2.45) is 5.73 Å². The number of anilines is 3.